The molecule has 1 aliphatic heterocycles. The summed E-state index contributed by atoms with van der Waals surface area (Å²) in [6.45, 7) is 10.1. The number of carbonyl (C=O) groups is 1. The Morgan fingerprint density at radius 3 is 2.48 bits per heavy atom. The van der Waals surface area contributed by atoms with E-state index in [4.69, 9.17) is 16.3 Å². The number of amides is 1. The van der Waals surface area contributed by atoms with Crippen molar-refractivity contribution in [2.75, 3.05) is 37.6 Å². The summed E-state index contributed by atoms with van der Waals surface area (Å²) in [4.78, 5) is 21.8. The number of pyridine rings is 1. The molecule has 1 atom stereocenters. The summed E-state index contributed by atoms with van der Waals surface area (Å²) in [7, 11) is 0. The number of anilines is 1. The fourth-order valence-corrected chi connectivity index (χ4v) is 3.50. The Morgan fingerprint density at radius 2 is 1.86 bits per heavy atom. The van der Waals surface area contributed by atoms with Crippen LogP contribution in [0.15, 0.2) is 48.7 Å². The molecular weight excluding hydrogens is 388 g/mol. The number of hydrogen-bond donors (Lipinski definition) is 1. The van der Waals surface area contributed by atoms with Crippen molar-refractivity contribution in [3.05, 3.63) is 53.7 Å². The van der Waals surface area contributed by atoms with Gasteiger partial charge in [-0.1, -0.05) is 17.7 Å². The predicted octanol–water partition coefficient (Wildman–Crippen LogP) is 3.22. The highest BCUT2D eigenvalue weighted by Crippen LogP contribution is 2.21. The van der Waals surface area contributed by atoms with E-state index in [-0.39, 0.29) is 11.9 Å². The van der Waals surface area contributed by atoms with Gasteiger partial charge < -0.3 is 15.0 Å². The molecule has 1 fully saturated rings. The van der Waals surface area contributed by atoms with Crippen molar-refractivity contribution in [3.63, 3.8) is 0 Å². The van der Waals surface area contributed by atoms with Crippen LogP contribution in [0, 0.1) is 0 Å². The second kappa shape index (κ2) is 9.46. The van der Waals surface area contributed by atoms with Gasteiger partial charge in [-0.2, -0.15) is 0 Å². The average Bonchev–Trinajstić information content (AvgIpc) is 2.71. The monoisotopic (exact) mass is 416 g/mol. The molecule has 3 rings (SSSR count). The number of hydrogen-bond acceptors (Lipinski definition) is 5. The lowest BCUT2D eigenvalue weighted by Crippen LogP contribution is -2.54. The number of ether oxygens (including phenoxy) is 1. The van der Waals surface area contributed by atoms with Gasteiger partial charge >= 0.3 is 0 Å². The average molecular weight is 417 g/mol. The standard InChI is InChI=1S/C22H29ClN4O2/c1-17(16-26-12-14-27(15-13-26)20-6-4-5-11-24-20)25-21(28)22(2,3)29-19-9-7-18(23)8-10-19/h4-11,17H,12-16H2,1-3H3,(H,25,28). The zero-order valence-corrected chi connectivity index (χ0v) is 18.0. The van der Waals surface area contributed by atoms with E-state index < -0.39 is 5.60 Å². The molecule has 2 heterocycles. The molecule has 1 aromatic heterocycles. The van der Waals surface area contributed by atoms with Crippen LogP contribution in [0.25, 0.3) is 0 Å². The molecular formula is C22H29ClN4O2. The third kappa shape index (κ3) is 6.08. The molecule has 6 nitrogen and oxygen atoms in total. The highest BCUT2D eigenvalue weighted by atomic mass is 35.5. The van der Waals surface area contributed by atoms with E-state index in [1.54, 1.807) is 38.1 Å². The van der Waals surface area contributed by atoms with Crippen molar-refractivity contribution in [2.45, 2.75) is 32.4 Å². The third-order valence-corrected chi connectivity index (χ3v) is 5.24. The van der Waals surface area contributed by atoms with Crippen molar-refractivity contribution in [3.8, 4) is 5.75 Å². The smallest absolute Gasteiger partial charge is 0.263 e. The number of carbonyl (C=O) groups excluding carboxylic acids is 1. The van der Waals surface area contributed by atoms with Gasteiger partial charge in [0.05, 0.1) is 0 Å². The SMILES string of the molecule is CC(CN1CCN(c2ccccn2)CC1)NC(=O)C(C)(C)Oc1ccc(Cl)cc1. The molecule has 29 heavy (non-hydrogen) atoms. The first kappa shape index (κ1) is 21.4. The topological polar surface area (TPSA) is 57.7 Å². The summed E-state index contributed by atoms with van der Waals surface area (Å²) in [6.07, 6.45) is 1.83. The van der Waals surface area contributed by atoms with E-state index in [2.05, 4.69) is 20.1 Å². The van der Waals surface area contributed by atoms with E-state index in [9.17, 15) is 4.79 Å². The molecule has 1 saturated heterocycles. The minimum absolute atomic E-state index is 0.0250. The van der Waals surface area contributed by atoms with Crippen LogP contribution >= 0.6 is 11.6 Å². The van der Waals surface area contributed by atoms with Gasteiger partial charge in [0, 0.05) is 50.0 Å². The van der Waals surface area contributed by atoms with Crippen molar-refractivity contribution in [2.24, 2.45) is 0 Å². The summed E-state index contributed by atoms with van der Waals surface area (Å²) in [6, 6.07) is 13.0. The maximum Gasteiger partial charge on any atom is 0.263 e. The summed E-state index contributed by atoms with van der Waals surface area (Å²) in [5.74, 6) is 1.51. The number of aromatic nitrogens is 1. The maximum atomic E-state index is 12.7. The Hall–Kier alpha value is -2.31. The number of nitrogens with zero attached hydrogens (tertiary/aromatic N) is 3. The largest absolute Gasteiger partial charge is 0.478 e. The molecule has 7 heteroatoms. The molecule has 2 aromatic rings. The normalized spacial score (nSPS) is 16.3. The minimum atomic E-state index is -0.972. The van der Waals surface area contributed by atoms with Gasteiger partial charge in [-0.15, -0.1) is 0 Å². The zero-order valence-electron chi connectivity index (χ0n) is 17.3. The Balaban J connectivity index is 1.45. The van der Waals surface area contributed by atoms with Crippen LogP contribution < -0.4 is 15.0 Å². The van der Waals surface area contributed by atoms with Crippen molar-refractivity contribution < 1.29 is 9.53 Å². The fraction of sp³-hybridized carbons (Fsp3) is 0.455. The Morgan fingerprint density at radius 1 is 1.17 bits per heavy atom. The highest BCUT2D eigenvalue weighted by molar-refractivity contribution is 6.30. The first-order chi connectivity index (χ1) is 13.8. The van der Waals surface area contributed by atoms with Gasteiger partial charge in [0.25, 0.3) is 5.91 Å². The first-order valence-electron chi connectivity index (χ1n) is 9.97. The van der Waals surface area contributed by atoms with Crippen LogP contribution in [0.2, 0.25) is 5.02 Å². The van der Waals surface area contributed by atoms with Crippen molar-refractivity contribution in [1.29, 1.82) is 0 Å². The highest BCUT2D eigenvalue weighted by Gasteiger charge is 2.31. The number of rotatable bonds is 7. The van der Waals surface area contributed by atoms with Crippen LogP contribution in [0.1, 0.15) is 20.8 Å². The number of nitrogens with one attached hydrogen (secondary N) is 1. The van der Waals surface area contributed by atoms with Gasteiger partial charge in [0.2, 0.25) is 0 Å². The molecule has 156 valence electrons. The molecule has 1 unspecified atom stereocenters. The molecule has 1 amide bonds. The molecule has 0 bridgehead atoms. The summed E-state index contributed by atoms with van der Waals surface area (Å²) in [5.41, 5.74) is -0.972. The Labute approximate surface area is 177 Å². The quantitative estimate of drug-likeness (QED) is 0.751. The molecule has 0 radical (unpaired) electrons. The third-order valence-electron chi connectivity index (χ3n) is 4.99. The van der Waals surface area contributed by atoms with Gasteiger partial charge in [0.15, 0.2) is 5.60 Å². The van der Waals surface area contributed by atoms with Crippen molar-refractivity contribution in [1.82, 2.24) is 15.2 Å². The number of halogens is 1. The van der Waals surface area contributed by atoms with E-state index >= 15 is 0 Å². The van der Waals surface area contributed by atoms with Crippen LogP contribution in [0.4, 0.5) is 5.82 Å². The van der Waals surface area contributed by atoms with E-state index in [0.29, 0.717) is 10.8 Å². The van der Waals surface area contributed by atoms with E-state index in [1.165, 1.54) is 0 Å². The minimum Gasteiger partial charge on any atom is -0.478 e. The summed E-state index contributed by atoms with van der Waals surface area (Å²) in [5, 5.41) is 3.72. The maximum absolute atomic E-state index is 12.7. The summed E-state index contributed by atoms with van der Waals surface area (Å²) < 4.78 is 5.87. The lowest BCUT2D eigenvalue weighted by atomic mass is 10.1. The fourth-order valence-electron chi connectivity index (χ4n) is 3.37. The van der Waals surface area contributed by atoms with Gasteiger partial charge in [0.1, 0.15) is 11.6 Å². The molecule has 1 aromatic carbocycles. The van der Waals surface area contributed by atoms with Crippen molar-refractivity contribution >= 4 is 23.3 Å². The summed E-state index contributed by atoms with van der Waals surface area (Å²) >= 11 is 5.90. The molecule has 0 spiro atoms. The lowest BCUT2D eigenvalue weighted by Gasteiger charge is -2.37. The predicted molar refractivity (Wildman–Crippen MR) is 117 cm³/mol. The Bertz CT molecular complexity index is 790. The van der Waals surface area contributed by atoms with Gasteiger partial charge in [-0.3, -0.25) is 9.69 Å². The molecule has 0 aliphatic carbocycles. The van der Waals surface area contributed by atoms with Gasteiger partial charge in [-0.05, 0) is 57.2 Å². The van der Waals surface area contributed by atoms with Crippen LogP contribution in [-0.2, 0) is 4.79 Å². The van der Waals surface area contributed by atoms with E-state index in [0.717, 1.165) is 38.5 Å². The second-order valence-corrected chi connectivity index (χ2v) is 8.35. The molecule has 0 saturated carbocycles. The van der Waals surface area contributed by atoms with Crippen LogP contribution in [0.3, 0.4) is 0 Å². The second-order valence-electron chi connectivity index (χ2n) is 7.92. The zero-order chi connectivity index (χ0) is 20.9. The first-order valence-corrected chi connectivity index (χ1v) is 10.4. The molecule has 1 aliphatic rings. The van der Waals surface area contributed by atoms with E-state index in [1.807, 2.05) is 31.3 Å². The van der Waals surface area contributed by atoms with Crippen LogP contribution in [0.5, 0.6) is 5.75 Å². The van der Waals surface area contributed by atoms with Crippen LogP contribution in [-0.4, -0.2) is 60.2 Å². The lowest BCUT2D eigenvalue weighted by molar-refractivity contribution is -0.135. The number of piperazine rings is 1. The number of benzene rings is 1. The Kier molecular flexibility index (Phi) is 6.98. The molecule has 1 N–H and O–H groups in total. The van der Waals surface area contributed by atoms with Gasteiger partial charge in [-0.25, -0.2) is 4.98 Å².